The van der Waals surface area contributed by atoms with Gasteiger partial charge in [0.1, 0.15) is 5.82 Å². The number of hydrogen-bond donors (Lipinski definition) is 1. The molecule has 0 bridgehead atoms. The third kappa shape index (κ3) is 2.71. The van der Waals surface area contributed by atoms with Gasteiger partial charge in [-0.3, -0.25) is 4.79 Å². The Morgan fingerprint density at radius 3 is 2.75 bits per heavy atom. The van der Waals surface area contributed by atoms with Gasteiger partial charge < -0.3 is 5.32 Å². The zero-order valence-electron chi connectivity index (χ0n) is 13.3. The van der Waals surface area contributed by atoms with Crippen molar-refractivity contribution in [1.29, 1.82) is 0 Å². The van der Waals surface area contributed by atoms with Gasteiger partial charge in [-0.1, -0.05) is 35.9 Å². The summed E-state index contributed by atoms with van der Waals surface area (Å²) < 4.78 is 1.85. The molecule has 0 spiro atoms. The highest BCUT2D eigenvalue weighted by molar-refractivity contribution is 7.98. The monoisotopic (exact) mass is 335 g/mol. The predicted octanol–water partition coefficient (Wildman–Crippen LogP) is 4.18. The molecule has 4 rings (SSSR count). The topological polar surface area (TPSA) is 46.9 Å². The summed E-state index contributed by atoms with van der Waals surface area (Å²) in [5.41, 5.74) is 4.87. The van der Waals surface area contributed by atoms with Gasteiger partial charge in [-0.05, 0) is 31.2 Å². The van der Waals surface area contributed by atoms with E-state index >= 15 is 0 Å². The molecule has 1 aliphatic rings. The molecule has 0 atom stereocenters. The number of nitrogens with one attached hydrogen (secondary N) is 1. The fraction of sp³-hybridized carbons (Fsp3) is 0.158. The zero-order valence-corrected chi connectivity index (χ0v) is 14.1. The normalized spacial score (nSPS) is 12.9. The van der Waals surface area contributed by atoms with E-state index in [1.807, 2.05) is 78.0 Å². The number of anilines is 1. The summed E-state index contributed by atoms with van der Waals surface area (Å²) in [5, 5.41) is 7.79. The maximum Gasteiger partial charge on any atom is 0.256 e. The standard InChI is InChI=1S/C19H17N3OS/c1-13-6-5-7-14(10-13)19(23)20-18-16-11-24-12-17(16)21-22(18)15-8-3-2-4-9-15/h2-10H,11-12H2,1H3,(H,20,23). The second-order valence-corrected chi connectivity index (χ2v) is 6.82. The molecule has 2 heterocycles. The number of amides is 1. The molecule has 4 nitrogen and oxygen atoms in total. The van der Waals surface area contributed by atoms with Crippen molar-refractivity contribution in [2.75, 3.05) is 5.32 Å². The van der Waals surface area contributed by atoms with Gasteiger partial charge in [-0.25, -0.2) is 4.68 Å². The third-order valence-corrected chi connectivity index (χ3v) is 5.04. The molecule has 0 radical (unpaired) electrons. The van der Waals surface area contributed by atoms with E-state index in [0.717, 1.165) is 39.8 Å². The van der Waals surface area contributed by atoms with E-state index in [9.17, 15) is 4.79 Å². The van der Waals surface area contributed by atoms with Gasteiger partial charge in [0, 0.05) is 22.6 Å². The van der Waals surface area contributed by atoms with Gasteiger partial charge in [-0.2, -0.15) is 16.9 Å². The summed E-state index contributed by atoms with van der Waals surface area (Å²) in [7, 11) is 0. The maximum atomic E-state index is 12.7. The molecular weight excluding hydrogens is 318 g/mol. The van der Waals surface area contributed by atoms with Crippen molar-refractivity contribution < 1.29 is 4.79 Å². The molecule has 0 saturated carbocycles. The number of fused-ring (bicyclic) bond motifs is 1. The lowest BCUT2D eigenvalue weighted by Crippen LogP contribution is -2.16. The van der Waals surface area contributed by atoms with Gasteiger partial charge in [0.15, 0.2) is 0 Å². The average Bonchev–Trinajstić information content (AvgIpc) is 3.18. The van der Waals surface area contributed by atoms with Crippen molar-refractivity contribution in [1.82, 2.24) is 9.78 Å². The van der Waals surface area contributed by atoms with Gasteiger partial charge >= 0.3 is 0 Å². The van der Waals surface area contributed by atoms with Crippen LogP contribution in [0.5, 0.6) is 0 Å². The minimum Gasteiger partial charge on any atom is -0.306 e. The molecule has 1 aromatic heterocycles. The van der Waals surface area contributed by atoms with Crippen LogP contribution in [0.2, 0.25) is 0 Å². The van der Waals surface area contributed by atoms with Crippen molar-refractivity contribution >= 4 is 23.5 Å². The lowest BCUT2D eigenvalue weighted by Gasteiger charge is -2.11. The lowest BCUT2D eigenvalue weighted by atomic mass is 10.1. The highest BCUT2D eigenvalue weighted by Gasteiger charge is 2.24. The summed E-state index contributed by atoms with van der Waals surface area (Å²) in [6, 6.07) is 17.5. The van der Waals surface area contributed by atoms with Crippen LogP contribution in [0.25, 0.3) is 5.69 Å². The van der Waals surface area contributed by atoms with E-state index in [0.29, 0.717) is 5.56 Å². The van der Waals surface area contributed by atoms with Gasteiger partial charge in [0.05, 0.1) is 11.4 Å². The summed E-state index contributed by atoms with van der Waals surface area (Å²) in [4.78, 5) is 12.7. The number of rotatable bonds is 3. The van der Waals surface area contributed by atoms with Crippen LogP contribution in [0, 0.1) is 6.92 Å². The quantitative estimate of drug-likeness (QED) is 0.781. The Bertz CT molecular complexity index is 902. The van der Waals surface area contributed by atoms with E-state index in [2.05, 4.69) is 5.32 Å². The lowest BCUT2D eigenvalue weighted by molar-refractivity contribution is 0.102. The predicted molar refractivity (Wildman–Crippen MR) is 97.7 cm³/mol. The molecule has 0 saturated heterocycles. The van der Waals surface area contributed by atoms with Gasteiger partial charge in [-0.15, -0.1) is 0 Å². The van der Waals surface area contributed by atoms with Crippen LogP contribution < -0.4 is 5.32 Å². The first kappa shape index (κ1) is 15.0. The number of benzene rings is 2. The first-order valence-electron chi connectivity index (χ1n) is 7.84. The number of nitrogens with zero attached hydrogens (tertiary/aromatic N) is 2. The summed E-state index contributed by atoms with van der Waals surface area (Å²) in [6.45, 7) is 1.99. The SMILES string of the molecule is Cc1cccc(C(=O)Nc2c3c(nn2-c2ccccc2)CSC3)c1. The second-order valence-electron chi connectivity index (χ2n) is 5.84. The highest BCUT2D eigenvalue weighted by Crippen LogP contribution is 2.36. The van der Waals surface area contributed by atoms with Crippen LogP contribution in [0.1, 0.15) is 27.2 Å². The van der Waals surface area contributed by atoms with Crippen molar-refractivity contribution in [3.8, 4) is 5.69 Å². The summed E-state index contributed by atoms with van der Waals surface area (Å²) in [5.74, 6) is 2.46. The van der Waals surface area contributed by atoms with E-state index in [4.69, 9.17) is 5.10 Å². The molecule has 5 heteroatoms. The number of aromatic nitrogens is 2. The van der Waals surface area contributed by atoms with Crippen LogP contribution in [0.3, 0.4) is 0 Å². The summed E-state index contributed by atoms with van der Waals surface area (Å²) in [6.07, 6.45) is 0. The zero-order chi connectivity index (χ0) is 16.5. The highest BCUT2D eigenvalue weighted by atomic mass is 32.2. The van der Waals surface area contributed by atoms with Crippen molar-refractivity contribution in [3.63, 3.8) is 0 Å². The minimum atomic E-state index is -0.101. The molecule has 1 aliphatic heterocycles. The Morgan fingerprint density at radius 2 is 1.96 bits per heavy atom. The van der Waals surface area contributed by atoms with Crippen LogP contribution in [-0.2, 0) is 11.5 Å². The first-order chi connectivity index (χ1) is 11.7. The van der Waals surface area contributed by atoms with E-state index < -0.39 is 0 Å². The molecule has 2 aromatic carbocycles. The van der Waals surface area contributed by atoms with Crippen LogP contribution in [0.15, 0.2) is 54.6 Å². The number of aryl methyl sites for hydroxylation is 1. The van der Waals surface area contributed by atoms with Crippen molar-refractivity contribution in [2.45, 2.75) is 18.4 Å². The summed E-state index contributed by atoms with van der Waals surface area (Å²) >= 11 is 1.83. The van der Waals surface area contributed by atoms with Gasteiger partial charge in [0.2, 0.25) is 0 Å². The molecule has 0 fully saturated rings. The number of para-hydroxylation sites is 1. The fourth-order valence-corrected chi connectivity index (χ4v) is 3.90. The minimum absolute atomic E-state index is 0.101. The molecule has 120 valence electrons. The Balaban J connectivity index is 1.73. The number of carbonyl (C=O) groups is 1. The first-order valence-corrected chi connectivity index (χ1v) is 9.00. The Morgan fingerprint density at radius 1 is 1.12 bits per heavy atom. The van der Waals surface area contributed by atoms with Crippen molar-refractivity contribution in [3.05, 3.63) is 77.0 Å². The molecule has 1 N–H and O–H groups in total. The Labute approximate surface area is 144 Å². The van der Waals surface area contributed by atoms with E-state index in [1.54, 1.807) is 0 Å². The van der Waals surface area contributed by atoms with Crippen LogP contribution >= 0.6 is 11.8 Å². The van der Waals surface area contributed by atoms with E-state index in [1.165, 1.54) is 0 Å². The van der Waals surface area contributed by atoms with Gasteiger partial charge in [0.25, 0.3) is 5.91 Å². The van der Waals surface area contributed by atoms with E-state index in [-0.39, 0.29) is 5.91 Å². The van der Waals surface area contributed by atoms with Crippen LogP contribution in [0.4, 0.5) is 5.82 Å². The largest absolute Gasteiger partial charge is 0.306 e. The second kappa shape index (κ2) is 6.17. The molecule has 1 amide bonds. The molecule has 3 aromatic rings. The smallest absolute Gasteiger partial charge is 0.256 e. The number of thioether (sulfide) groups is 1. The average molecular weight is 335 g/mol. The Hall–Kier alpha value is -2.53. The van der Waals surface area contributed by atoms with Crippen molar-refractivity contribution in [2.24, 2.45) is 0 Å². The molecule has 24 heavy (non-hydrogen) atoms. The third-order valence-electron chi connectivity index (χ3n) is 4.06. The number of hydrogen-bond acceptors (Lipinski definition) is 3. The molecule has 0 unspecified atom stereocenters. The molecular formula is C19H17N3OS. The maximum absolute atomic E-state index is 12.7. The number of carbonyl (C=O) groups excluding carboxylic acids is 1. The fourth-order valence-electron chi connectivity index (χ4n) is 2.86. The Kier molecular flexibility index (Phi) is 3.86. The van der Waals surface area contributed by atoms with Crippen LogP contribution in [-0.4, -0.2) is 15.7 Å². The molecule has 0 aliphatic carbocycles.